The van der Waals surface area contributed by atoms with Crippen LogP contribution in [0.3, 0.4) is 0 Å². The maximum absolute atomic E-state index is 13.5. The number of nitrogens with zero attached hydrogens (tertiary/aromatic N) is 2. The number of esters is 1. The zero-order valence-corrected chi connectivity index (χ0v) is 20.4. The highest BCUT2D eigenvalue weighted by atomic mass is 32.2. The molecule has 4 bridgehead atoms. The number of hydrogen-bond acceptors (Lipinski definition) is 6. The molecule has 7 nitrogen and oxygen atoms in total. The maximum Gasteiger partial charge on any atom is 0.309 e. The zero-order valence-electron chi connectivity index (χ0n) is 19.6. The Morgan fingerprint density at radius 2 is 1.62 bits per heavy atom. The molecule has 0 aromatic heterocycles. The minimum atomic E-state index is -3.66. The lowest BCUT2D eigenvalue weighted by atomic mass is 9.48. The van der Waals surface area contributed by atoms with Crippen molar-refractivity contribution < 1.29 is 22.7 Å². The molecule has 0 unspecified atom stereocenters. The van der Waals surface area contributed by atoms with Crippen LogP contribution in [-0.2, 0) is 24.3 Å². The second-order valence-electron chi connectivity index (χ2n) is 11.3. The molecule has 2 heterocycles. The van der Waals surface area contributed by atoms with E-state index in [0.717, 1.165) is 19.3 Å². The van der Waals surface area contributed by atoms with Gasteiger partial charge < -0.3 is 9.64 Å². The molecule has 6 aliphatic rings. The second-order valence-corrected chi connectivity index (χ2v) is 12.9. The van der Waals surface area contributed by atoms with E-state index in [1.54, 1.807) is 25.1 Å². The summed E-state index contributed by atoms with van der Waals surface area (Å²) in [6.07, 6.45) is 7.16. The molecule has 5 fully saturated rings. The van der Waals surface area contributed by atoms with Gasteiger partial charge in [-0.1, -0.05) is 12.1 Å². The Morgan fingerprint density at radius 3 is 2.24 bits per heavy atom. The fourth-order valence-electron chi connectivity index (χ4n) is 7.81. The van der Waals surface area contributed by atoms with Crippen LogP contribution < -0.4 is 0 Å². The van der Waals surface area contributed by atoms with Gasteiger partial charge in [-0.05, 0) is 88.2 Å². The SMILES string of the molecule is C[C@@H](OC(=O)C1CCN(C2=NS(=O)(=O)c3ccccc32)CC1)C(=O)C12CC3CC(CC(C3)C1)C2. The number of benzene rings is 1. The molecule has 7 rings (SSSR count). The van der Waals surface area contributed by atoms with E-state index in [1.165, 1.54) is 19.3 Å². The Hall–Kier alpha value is -2.22. The second kappa shape index (κ2) is 7.90. The maximum atomic E-state index is 13.5. The standard InChI is InChI=1S/C26H32N2O5S/c1-16(23(29)26-13-17-10-18(14-26)12-19(11-17)15-26)33-25(30)20-6-8-28(9-7-20)24-21-4-2-3-5-22(21)34(31,32)27-24/h2-5,16-20H,6-15H2,1H3/t16-,17?,18?,19?,26?/m1/s1. The molecule has 1 aromatic rings. The van der Waals surface area contributed by atoms with Gasteiger partial charge in [0.05, 0.1) is 5.92 Å². The molecule has 1 aromatic carbocycles. The molecule has 182 valence electrons. The summed E-state index contributed by atoms with van der Waals surface area (Å²) >= 11 is 0. The number of carbonyl (C=O) groups excluding carboxylic acids is 2. The van der Waals surface area contributed by atoms with Gasteiger partial charge in [-0.2, -0.15) is 8.42 Å². The molecule has 8 heteroatoms. The number of amidine groups is 1. The summed E-state index contributed by atoms with van der Waals surface area (Å²) < 4.78 is 34.5. The van der Waals surface area contributed by atoms with Gasteiger partial charge in [0.2, 0.25) is 0 Å². The number of rotatable bonds is 4. The fraction of sp³-hybridized carbons (Fsp3) is 0.654. The van der Waals surface area contributed by atoms with E-state index in [2.05, 4.69) is 4.40 Å². The minimum Gasteiger partial charge on any atom is -0.454 e. The van der Waals surface area contributed by atoms with Crippen molar-refractivity contribution in [2.45, 2.75) is 69.3 Å². The fourth-order valence-corrected chi connectivity index (χ4v) is 9.04. The van der Waals surface area contributed by atoms with Gasteiger partial charge in [0.1, 0.15) is 4.90 Å². The number of fused-ring (bicyclic) bond motifs is 1. The Morgan fingerprint density at radius 1 is 1.03 bits per heavy atom. The summed E-state index contributed by atoms with van der Waals surface area (Å²) in [7, 11) is -3.66. The first-order chi connectivity index (χ1) is 16.2. The van der Waals surface area contributed by atoms with Crippen LogP contribution in [0.2, 0.25) is 0 Å². The number of Topliss-reactive ketones (excluding diaryl/α,β-unsaturated/α-hetero) is 1. The van der Waals surface area contributed by atoms with Crippen LogP contribution in [0, 0.1) is 29.1 Å². The molecular weight excluding hydrogens is 452 g/mol. The van der Waals surface area contributed by atoms with Crippen molar-refractivity contribution >= 4 is 27.6 Å². The van der Waals surface area contributed by atoms with E-state index in [-0.39, 0.29) is 28.0 Å². The zero-order chi connectivity index (χ0) is 23.7. The monoisotopic (exact) mass is 484 g/mol. The van der Waals surface area contributed by atoms with Crippen LogP contribution >= 0.6 is 0 Å². The first kappa shape index (κ1) is 22.3. The number of piperidine rings is 1. The van der Waals surface area contributed by atoms with Crippen LogP contribution in [0.4, 0.5) is 0 Å². The average molecular weight is 485 g/mol. The summed E-state index contributed by atoms with van der Waals surface area (Å²) in [6.45, 7) is 2.81. The predicted molar refractivity (Wildman–Crippen MR) is 126 cm³/mol. The van der Waals surface area contributed by atoms with Gasteiger partial charge >= 0.3 is 5.97 Å². The lowest BCUT2D eigenvalue weighted by Crippen LogP contribution is -2.53. The number of carbonyl (C=O) groups is 2. The molecule has 2 aliphatic heterocycles. The topological polar surface area (TPSA) is 93.1 Å². The minimum absolute atomic E-state index is 0.138. The third-order valence-corrected chi connectivity index (χ3v) is 10.3. The van der Waals surface area contributed by atoms with Crippen LogP contribution in [0.15, 0.2) is 33.6 Å². The predicted octanol–water partition coefficient (Wildman–Crippen LogP) is 3.56. The smallest absolute Gasteiger partial charge is 0.309 e. The van der Waals surface area contributed by atoms with Crippen LogP contribution in [0.25, 0.3) is 0 Å². The summed E-state index contributed by atoms with van der Waals surface area (Å²) in [4.78, 5) is 28.6. The Kier molecular flexibility index (Phi) is 5.17. The molecule has 0 spiro atoms. The van der Waals surface area contributed by atoms with Crippen molar-refractivity contribution in [2.24, 2.45) is 33.5 Å². The molecule has 1 saturated heterocycles. The van der Waals surface area contributed by atoms with E-state index in [4.69, 9.17) is 4.74 Å². The van der Waals surface area contributed by atoms with Crippen molar-refractivity contribution in [3.63, 3.8) is 0 Å². The highest BCUT2D eigenvalue weighted by Crippen LogP contribution is 2.60. The number of ketones is 1. The highest BCUT2D eigenvalue weighted by Gasteiger charge is 2.55. The molecule has 4 saturated carbocycles. The molecule has 0 radical (unpaired) electrons. The largest absolute Gasteiger partial charge is 0.454 e. The molecule has 4 aliphatic carbocycles. The van der Waals surface area contributed by atoms with E-state index in [1.807, 2.05) is 11.0 Å². The number of hydrogen-bond donors (Lipinski definition) is 0. The van der Waals surface area contributed by atoms with E-state index in [9.17, 15) is 18.0 Å². The van der Waals surface area contributed by atoms with Gasteiger partial charge in [0.15, 0.2) is 17.7 Å². The van der Waals surface area contributed by atoms with Crippen molar-refractivity contribution in [1.82, 2.24) is 4.90 Å². The molecule has 34 heavy (non-hydrogen) atoms. The molecule has 0 N–H and O–H groups in total. The summed E-state index contributed by atoms with van der Waals surface area (Å²) in [5.74, 6) is 2.05. The van der Waals surface area contributed by atoms with Gasteiger partial charge in [0.25, 0.3) is 10.0 Å². The quantitative estimate of drug-likeness (QED) is 0.607. The third kappa shape index (κ3) is 3.60. The van der Waals surface area contributed by atoms with Crippen molar-refractivity contribution in [3.05, 3.63) is 29.8 Å². The van der Waals surface area contributed by atoms with Gasteiger partial charge in [-0.15, -0.1) is 4.40 Å². The normalized spacial score (nSPS) is 34.4. The van der Waals surface area contributed by atoms with Crippen molar-refractivity contribution in [2.75, 3.05) is 13.1 Å². The molecule has 1 atom stereocenters. The summed E-state index contributed by atoms with van der Waals surface area (Å²) in [5.41, 5.74) is 0.357. The van der Waals surface area contributed by atoms with Gasteiger partial charge in [-0.25, -0.2) is 0 Å². The van der Waals surface area contributed by atoms with Crippen molar-refractivity contribution in [1.29, 1.82) is 0 Å². The molecule has 0 amide bonds. The Labute approximate surface area is 201 Å². The highest BCUT2D eigenvalue weighted by molar-refractivity contribution is 7.90. The molecular formula is C26H32N2O5S. The third-order valence-electron chi connectivity index (χ3n) is 8.96. The van der Waals surface area contributed by atoms with E-state index < -0.39 is 16.1 Å². The lowest BCUT2D eigenvalue weighted by Gasteiger charge is -2.56. The first-order valence-corrected chi connectivity index (χ1v) is 14.1. The van der Waals surface area contributed by atoms with Crippen LogP contribution in [-0.4, -0.2) is 50.1 Å². The Bertz CT molecular complexity index is 1130. The Balaban J connectivity index is 1.07. The van der Waals surface area contributed by atoms with E-state index in [0.29, 0.717) is 55.1 Å². The van der Waals surface area contributed by atoms with Gasteiger partial charge in [-0.3, -0.25) is 9.59 Å². The van der Waals surface area contributed by atoms with Crippen LogP contribution in [0.5, 0.6) is 0 Å². The summed E-state index contributed by atoms with van der Waals surface area (Å²) in [6, 6.07) is 6.86. The number of ether oxygens (including phenoxy) is 1. The summed E-state index contributed by atoms with van der Waals surface area (Å²) in [5, 5.41) is 0. The number of sulfonamides is 1. The van der Waals surface area contributed by atoms with Crippen molar-refractivity contribution in [3.8, 4) is 0 Å². The van der Waals surface area contributed by atoms with E-state index >= 15 is 0 Å². The first-order valence-electron chi connectivity index (χ1n) is 12.7. The average Bonchev–Trinajstić information content (AvgIpc) is 3.09. The lowest BCUT2D eigenvalue weighted by molar-refractivity contribution is -0.168. The van der Waals surface area contributed by atoms with Gasteiger partial charge in [0, 0.05) is 24.1 Å². The number of likely N-dealkylation sites (tertiary alicyclic amines) is 1. The van der Waals surface area contributed by atoms with Crippen LogP contribution in [0.1, 0.15) is 63.9 Å².